The van der Waals surface area contributed by atoms with Crippen LogP contribution in [0.5, 0.6) is 0 Å². The quantitative estimate of drug-likeness (QED) is 0.850. The molecule has 4 rings (SSSR count). The Morgan fingerprint density at radius 2 is 2.38 bits per heavy atom. The smallest absolute Gasteiger partial charge is 0.228 e. The Labute approximate surface area is 144 Å². The van der Waals surface area contributed by atoms with Crippen molar-refractivity contribution in [2.45, 2.75) is 25.7 Å². The summed E-state index contributed by atoms with van der Waals surface area (Å²) in [7, 11) is 0. The van der Waals surface area contributed by atoms with Crippen LogP contribution in [0.15, 0.2) is 21.3 Å². The SMILES string of the molecule is O=C([C@H]1CCOC1)N1CCC[C@H](Cc2nc(-c3ccsc3)no2)C1. The molecule has 0 radical (unpaired) electrons. The predicted molar refractivity (Wildman–Crippen MR) is 89.5 cm³/mol. The van der Waals surface area contributed by atoms with Crippen molar-refractivity contribution in [1.29, 1.82) is 0 Å². The molecule has 6 nitrogen and oxygen atoms in total. The molecule has 2 aromatic rings. The minimum atomic E-state index is 0.0531. The highest BCUT2D eigenvalue weighted by Gasteiger charge is 2.31. The van der Waals surface area contributed by atoms with E-state index >= 15 is 0 Å². The lowest BCUT2D eigenvalue weighted by atomic mass is 9.93. The lowest BCUT2D eigenvalue weighted by molar-refractivity contribution is -0.137. The Morgan fingerprint density at radius 3 is 3.17 bits per heavy atom. The summed E-state index contributed by atoms with van der Waals surface area (Å²) in [6, 6.07) is 1.99. The lowest BCUT2D eigenvalue weighted by Crippen LogP contribution is -2.43. The summed E-state index contributed by atoms with van der Waals surface area (Å²) in [6.45, 7) is 2.93. The molecule has 0 N–H and O–H groups in total. The van der Waals surface area contributed by atoms with Gasteiger partial charge < -0.3 is 14.2 Å². The molecule has 1 amide bonds. The molecule has 2 aliphatic heterocycles. The van der Waals surface area contributed by atoms with Crippen LogP contribution in [0.2, 0.25) is 0 Å². The van der Waals surface area contributed by atoms with E-state index in [2.05, 4.69) is 10.1 Å². The number of hydrogen-bond donors (Lipinski definition) is 0. The molecule has 4 heterocycles. The van der Waals surface area contributed by atoms with Gasteiger partial charge in [-0.3, -0.25) is 4.79 Å². The Kier molecular flexibility index (Phi) is 4.62. The third-order valence-corrected chi connectivity index (χ3v) is 5.50. The number of rotatable bonds is 4. The monoisotopic (exact) mass is 347 g/mol. The molecule has 0 saturated carbocycles. The molecule has 0 bridgehead atoms. The summed E-state index contributed by atoms with van der Waals surface area (Å²) in [5.74, 6) is 2.01. The van der Waals surface area contributed by atoms with E-state index in [0.717, 1.165) is 44.3 Å². The molecule has 2 aliphatic rings. The number of piperidine rings is 1. The van der Waals surface area contributed by atoms with Gasteiger partial charge in [0.25, 0.3) is 0 Å². The summed E-state index contributed by atoms with van der Waals surface area (Å²) < 4.78 is 10.8. The second kappa shape index (κ2) is 7.03. The molecule has 7 heteroatoms. The van der Waals surface area contributed by atoms with Gasteiger partial charge in [0.15, 0.2) is 0 Å². The van der Waals surface area contributed by atoms with E-state index in [0.29, 0.717) is 30.8 Å². The van der Waals surface area contributed by atoms with Crippen molar-refractivity contribution in [2.75, 3.05) is 26.3 Å². The van der Waals surface area contributed by atoms with E-state index in [1.165, 1.54) is 0 Å². The standard InChI is InChI=1S/C17H21N3O3S/c21-17(13-3-6-22-10-13)20-5-1-2-12(9-20)8-15-18-16(19-23-15)14-4-7-24-11-14/h4,7,11-13H,1-3,5-6,8-10H2/t12-,13+/m1/s1. The van der Waals surface area contributed by atoms with E-state index in [-0.39, 0.29) is 11.8 Å². The third-order valence-electron chi connectivity index (χ3n) is 4.82. The van der Waals surface area contributed by atoms with Gasteiger partial charge in [-0.2, -0.15) is 16.3 Å². The van der Waals surface area contributed by atoms with Crippen LogP contribution in [0.4, 0.5) is 0 Å². The molecular weight excluding hydrogens is 326 g/mol. The van der Waals surface area contributed by atoms with Crippen LogP contribution in [0.25, 0.3) is 11.4 Å². The fourth-order valence-electron chi connectivity index (χ4n) is 3.51. The second-order valence-electron chi connectivity index (χ2n) is 6.58. The van der Waals surface area contributed by atoms with Crippen molar-refractivity contribution in [2.24, 2.45) is 11.8 Å². The fourth-order valence-corrected chi connectivity index (χ4v) is 4.15. The largest absolute Gasteiger partial charge is 0.381 e. The van der Waals surface area contributed by atoms with E-state index in [9.17, 15) is 4.79 Å². The summed E-state index contributed by atoms with van der Waals surface area (Å²) in [5, 5.41) is 8.08. The molecule has 2 aromatic heterocycles. The number of amides is 1. The number of likely N-dealkylation sites (tertiary alicyclic amines) is 1. The van der Waals surface area contributed by atoms with E-state index in [1.807, 2.05) is 21.7 Å². The summed E-state index contributed by atoms with van der Waals surface area (Å²) in [4.78, 5) is 19.1. The van der Waals surface area contributed by atoms with Crippen molar-refractivity contribution in [3.05, 3.63) is 22.7 Å². The van der Waals surface area contributed by atoms with Gasteiger partial charge in [0, 0.05) is 37.1 Å². The van der Waals surface area contributed by atoms with Crippen LogP contribution in [0.3, 0.4) is 0 Å². The normalized spacial score (nSPS) is 24.4. The minimum absolute atomic E-state index is 0.0531. The molecule has 128 valence electrons. The van der Waals surface area contributed by atoms with Crippen LogP contribution < -0.4 is 0 Å². The average molecular weight is 347 g/mol. The van der Waals surface area contributed by atoms with E-state index in [4.69, 9.17) is 9.26 Å². The first kappa shape index (κ1) is 15.8. The molecule has 2 atom stereocenters. The van der Waals surface area contributed by atoms with Gasteiger partial charge in [0.05, 0.1) is 12.5 Å². The number of thiophene rings is 1. The van der Waals surface area contributed by atoms with Crippen LogP contribution in [0, 0.1) is 11.8 Å². The van der Waals surface area contributed by atoms with Crippen molar-refractivity contribution < 1.29 is 14.1 Å². The van der Waals surface area contributed by atoms with Crippen LogP contribution in [-0.2, 0) is 16.0 Å². The highest BCUT2D eigenvalue weighted by Crippen LogP contribution is 2.25. The van der Waals surface area contributed by atoms with Crippen LogP contribution in [-0.4, -0.2) is 47.3 Å². The number of carbonyl (C=O) groups is 1. The topological polar surface area (TPSA) is 68.5 Å². The number of carbonyl (C=O) groups excluding carboxylic acids is 1. The Morgan fingerprint density at radius 1 is 1.42 bits per heavy atom. The third kappa shape index (κ3) is 3.37. The summed E-state index contributed by atoms with van der Waals surface area (Å²) in [6.07, 6.45) is 3.73. The maximum atomic E-state index is 12.6. The maximum Gasteiger partial charge on any atom is 0.228 e. The van der Waals surface area contributed by atoms with Gasteiger partial charge in [-0.05, 0) is 36.6 Å². The van der Waals surface area contributed by atoms with Gasteiger partial charge in [-0.1, -0.05) is 5.16 Å². The number of nitrogens with zero attached hydrogens (tertiary/aromatic N) is 3. The van der Waals surface area contributed by atoms with E-state index < -0.39 is 0 Å². The Bertz CT molecular complexity index is 679. The maximum absolute atomic E-state index is 12.6. The highest BCUT2D eigenvalue weighted by molar-refractivity contribution is 7.08. The lowest BCUT2D eigenvalue weighted by Gasteiger charge is -2.33. The van der Waals surface area contributed by atoms with Crippen molar-refractivity contribution in [3.63, 3.8) is 0 Å². The van der Waals surface area contributed by atoms with Crippen LogP contribution >= 0.6 is 11.3 Å². The van der Waals surface area contributed by atoms with Gasteiger partial charge in [-0.15, -0.1) is 0 Å². The predicted octanol–water partition coefficient (Wildman–Crippen LogP) is 2.62. The Hall–Kier alpha value is -1.73. The van der Waals surface area contributed by atoms with Crippen molar-refractivity contribution >= 4 is 17.2 Å². The second-order valence-corrected chi connectivity index (χ2v) is 7.36. The Balaban J connectivity index is 1.37. The van der Waals surface area contributed by atoms with Gasteiger partial charge in [0.1, 0.15) is 0 Å². The highest BCUT2D eigenvalue weighted by atomic mass is 32.1. The molecule has 0 spiro atoms. The molecule has 0 aromatic carbocycles. The molecule has 0 aliphatic carbocycles. The zero-order valence-corrected chi connectivity index (χ0v) is 14.3. The summed E-state index contributed by atoms with van der Waals surface area (Å²) >= 11 is 1.62. The molecule has 2 saturated heterocycles. The molecule has 2 fully saturated rings. The number of ether oxygens (including phenoxy) is 1. The number of hydrogen-bond acceptors (Lipinski definition) is 6. The first-order chi connectivity index (χ1) is 11.8. The van der Waals surface area contributed by atoms with Crippen molar-refractivity contribution in [1.82, 2.24) is 15.0 Å². The molecule has 24 heavy (non-hydrogen) atoms. The fraction of sp³-hybridized carbons (Fsp3) is 0.588. The number of aromatic nitrogens is 2. The van der Waals surface area contributed by atoms with Gasteiger partial charge in [0.2, 0.25) is 17.6 Å². The van der Waals surface area contributed by atoms with E-state index in [1.54, 1.807) is 11.3 Å². The zero-order chi connectivity index (χ0) is 16.4. The average Bonchev–Trinajstić information content (AvgIpc) is 3.35. The zero-order valence-electron chi connectivity index (χ0n) is 13.5. The van der Waals surface area contributed by atoms with Crippen LogP contribution in [0.1, 0.15) is 25.2 Å². The molecular formula is C17H21N3O3S. The summed E-state index contributed by atoms with van der Waals surface area (Å²) in [5.41, 5.74) is 0.997. The minimum Gasteiger partial charge on any atom is -0.381 e. The van der Waals surface area contributed by atoms with Gasteiger partial charge in [-0.25, -0.2) is 0 Å². The van der Waals surface area contributed by atoms with Crippen molar-refractivity contribution in [3.8, 4) is 11.4 Å². The van der Waals surface area contributed by atoms with Gasteiger partial charge >= 0.3 is 0 Å². The first-order valence-corrected chi connectivity index (χ1v) is 9.45. The molecule has 0 unspecified atom stereocenters. The first-order valence-electron chi connectivity index (χ1n) is 8.51.